The van der Waals surface area contributed by atoms with E-state index in [0.29, 0.717) is 48.7 Å². The summed E-state index contributed by atoms with van der Waals surface area (Å²) in [5.74, 6) is 1.05. The lowest BCUT2D eigenvalue weighted by atomic mass is 9.71. The number of H-pyrrole nitrogens is 1. The molecule has 8 nitrogen and oxygen atoms in total. The summed E-state index contributed by atoms with van der Waals surface area (Å²) in [4.78, 5) is 18.9. The Kier molecular flexibility index (Phi) is 7.23. The number of ether oxygens (including phenoxy) is 1. The third kappa shape index (κ3) is 4.89. The van der Waals surface area contributed by atoms with Crippen LogP contribution in [0.1, 0.15) is 46.6 Å². The molecule has 1 fully saturated rings. The number of carbonyl (C=O) groups excluding carboxylic acids is 1. The predicted molar refractivity (Wildman–Crippen MR) is 141 cm³/mol. The van der Waals surface area contributed by atoms with Crippen LogP contribution >= 0.6 is 0 Å². The van der Waals surface area contributed by atoms with Crippen LogP contribution in [0.15, 0.2) is 36.4 Å². The fourth-order valence-corrected chi connectivity index (χ4v) is 6.11. The summed E-state index contributed by atoms with van der Waals surface area (Å²) in [7, 11) is 0.857. The molecule has 190 valence electrons. The summed E-state index contributed by atoms with van der Waals surface area (Å²) >= 11 is 0. The quantitative estimate of drug-likeness (QED) is 0.557. The number of sulfone groups is 1. The van der Waals surface area contributed by atoms with Gasteiger partial charge < -0.3 is 15.0 Å². The Hall–Kier alpha value is -3.19. The first-order chi connectivity index (χ1) is 17.1. The number of carbonyl (C=O) groups is 1. The maximum absolute atomic E-state index is 13.4. The third-order valence-corrected chi connectivity index (χ3v) is 8.41. The Morgan fingerprint density at radius 2 is 1.83 bits per heavy atom. The molecule has 1 aromatic heterocycles. The summed E-state index contributed by atoms with van der Waals surface area (Å²) in [6, 6.07) is 13.1. The molecule has 0 atom stereocenters. The molecular formula is C27H32N4O4S. The molecule has 1 saturated heterocycles. The fourth-order valence-electron chi connectivity index (χ4n) is 4.84. The van der Waals surface area contributed by atoms with Crippen LogP contribution < -0.4 is 10.1 Å². The first-order valence-electron chi connectivity index (χ1n) is 12.0. The second-order valence-electron chi connectivity index (χ2n) is 9.75. The maximum atomic E-state index is 13.4. The van der Waals surface area contributed by atoms with Gasteiger partial charge >= 0.3 is 0 Å². The number of ketones is 1. The number of rotatable bonds is 4. The number of nitrogens with one attached hydrogen (secondary N) is 2. The topological polar surface area (TPSA) is 115 Å². The highest BCUT2D eigenvalue weighted by molar-refractivity contribution is 7.91. The van der Waals surface area contributed by atoms with Gasteiger partial charge in [-0.3, -0.25) is 9.69 Å². The van der Waals surface area contributed by atoms with Gasteiger partial charge in [0.25, 0.3) is 0 Å². The molecule has 36 heavy (non-hydrogen) atoms. The van der Waals surface area contributed by atoms with Crippen LogP contribution in [-0.2, 0) is 15.3 Å². The lowest BCUT2D eigenvalue weighted by Crippen LogP contribution is -2.42. The van der Waals surface area contributed by atoms with E-state index in [1.165, 1.54) is 0 Å². The van der Waals surface area contributed by atoms with Crippen LogP contribution in [0.2, 0.25) is 0 Å². The van der Waals surface area contributed by atoms with Crippen LogP contribution in [0.25, 0.3) is 10.9 Å². The summed E-state index contributed by atoms with van der Waals surface area (Å²) in [5, 5.41) is 12.8. The molecule has 2 aromatic carbocycles. The van der Waals surface area contributed by atoms with Crippen molar-refractivity contribution in [3.05, 3.63) is 64.3 Å². The Balaban J connectivity index is 0.000000967. The molecule has 0 amide bonds. The molecule has 9 heteroatoms. The standard InChI is InChI=1S/C25H25N3O4S.C2H7N/c1-25(2)20-14-17(32-10-7-28-8-11-33(30,31)12-9-28)4-6-18(20)23(29)22-19-5-3-16(15-26)13-21(19)27-24(22)25;1-3-2/h3-6,13-14,27H,7-12H2,1-2H3;3H,1-2H3. The first kappa shape index (κ1) is 25.9. The number of aromatic amines is 1. The van der Waals surface area contributed by atoms with Gasteiger partial charge in [-0.1, -0.05) is 19.9 Å². The van der Waals surface area contributed by atoms with E-state index in [1.807, 2.05) is 38.4 Å². The van der Waals surface area contributed by atoms with E-state index >= 15 is 0 Å². The minimum absolute atomic E-state index is 0.0311. The monoisotopic (exact) mass is 508 g/mol. The van der Waals surface area contributed by atoms with Crippen LogP contribution in [-0.4, -0.2) is 75.9 Å². The highest BCUT2D eigenvalue weighted by Gasteiger charge is 2.39. The zero-order valence-electron chi connectivity index (χ0n) is 21.1. The SMILES string of the molecule is CC1(C)c2cc(OCCN3CCS(=O)(=O)CC3)ccc2C(=O)c2c1[nH]c1cc(C#N)ccc21.CNC. The molecule has 2 N–H and O–H groups in total. The second kappa shape index (κ2) is 10.1. The van der Waals surface area contributed by atoms with Crippen molar-refractivity contribution in [2.45, 2.75) is 19.3 Å². The highest BCUT2D eigenvalue weighted by Crippen LogP contribution is 2.44. The van der Waals surface area contributed by atoms with E-state index in [1.54, 1.807) is 12.1 Å². The molecule has 1 aliphatic heterocycles. The van der Waals surface area contributed by atoms with Crippen LogP contribution in [0.4, 0.5) is 0 Å². The third-order valence-electron chi connectivity index (χ3n) is 6.80. The molecule has 5 rings (SSSR count). The summed E-state index contributed by atoms with van der Waals surface area (Å²) in [6.07, 6.45) is 0. The average Bonchev–Trinajstić information content (AvgIpc) is 3.24. The molecule has 0 bridgehead atoms. The Morgan fingerprint density at radius 1 is 1.14 bits per heavy atom. The highest BCUT2D eigenvalue weighted by atomic mass is 32.2. The van der Waals surface area contributed by atoms with E-state index < -0.39 is 15.3 Å². The van der Waals surface area contributed by atoms with Gasteiger partial charge in [-0.05, 0) is 50.0 Å². The molecule has 1 aliphatic carbocycles. The van der Waals surface area contributed by atoms with Gasteiger partial charge in [0.15, 0.2) is 15.6 Å². The molecule has 0 radical (unpaired) electrons. The van der Waals surface area contributed by atoms with Gasteiger partial charge in [-0.15, -0.1) is 0 Å². The number of aromatic nitrogens is 1. The smallest absolute Gasteiger partial charge is 0.195 e. The Labute approximate surface area is 212 Å². The molecule has 0 unspecified atom stereocenters. The van der Waals surface area contributed by atoms with E-state index in [2.05, 4.69) is 35.1 Å². The molecule has 2 aliphatic rings. The van der Waals surface area contributed by atoms with Crippen molar-refractivity contribution in [3.8, 4) is 11.8 Å². The van der Waals surface area contributed by atoms with Gasteiger partial charge in [0, 0.05) is 47.2 Å². The van der Waals surface area contributed by atoms with Crippen molar-refractivity contribution >= 4 is 26.5 Å². The van der Waals surface area contributed by atoms with E-state index in [9.17, 15) is 18.5 Å². The largest absolute Gasteiger partial charge is 0.492 e. The molecule has 3 aromatic rings. The van der Waals surface area contributed by atoms with Crippen molar-refractivity contribution < 1.29 is 17.9 Å². The zero-order chi connectivity index (χ0) is 26.1. The van der Waals surface area contributed by atoms with Crippen molar-refractivity contribution in [2.75, 3.05) is 51.8 Å². The normalized spacial score (nSPS) is 17.9. The molecule has 0 spiro atoms. The van der Waals surface area contributed by atoms with Crippen LogP contribution in [0, 0.1) is 11.3 Å². The van der Waals surface area contributed by atoms with E-state index in [-0.39, 0.29) is 17.3 Å². The molecular weight excluding hydrogens is 476 g/mol. The second-order valence-corrected chi connectivity index (χ2v) is 12.1. The fraction of sp³-hybridized carbons (Fsp3) is 0.407. The van der Waals surface area contributed by atoms with Gasteiger partial charge in [-0.2, -0.15) is 5.26 Å². The molecule has 0 saturated carbocycles. The predicted octanol–water partition coefficient (Wildman–Crippen LogP) is 2.85. The zero-order valence-corrected chi connectivity index (χ0v) is 22.0. The Morgan fingerprint density at radius 3 is 2.50 bits per heavy atom. The van der Waals surface area contributed by atoms with Gasteiger partial charge in [-0.25, -0.2) is 8.42 Å². The minimum atomic E-state index is -2.89. The Bertz CT molecular complexity index is 1440. The summed E-state index contributed by atoms with van der Waals surface area (Å²) in [5.41, 5.74) is 3.95. The number of fused-ring (bicyclic) bond motifs is 4. The van der Waals surface area contributed by atoms with Gasteiger partial charge in [0.05, 0.1) is 28.7 Å². The van der Waals surface area contributed by atoms with E-state index in [4.69, 9.17) is 4.74 Å². The average molecular weight is 509 g/mol. The number of benzene rings is 2. The van der Waals surface area contributed by atoms with Crippen LogP contribution in [0.5, 0.6) is 5.75 Å². The lowest BCUT2D eigenvalue weighted by molar-refractivity contribution is 0.103. The van der Waals surface area contributed by atoms with E-state index in [0.717, 1.165) is 22.2 Å². The number of hydrogen-bond donors (Lipinski definition) is 2. The first-order valence-corrected chi connectivity index (χ1v) is 13.8. The lowest BCUT2D eigenvalue weighted by Gasteiger charge is -2.32. The van der Waals surface area contributed by atoms with Crippen molar-refractivity contribution in [1.29, 1.82) is 5.26 Å². The number of hydrogen-bond acceptors (Lipinski definition) is 7. The maximum Gasteiger partial charge on any atom is 0.195 e. The van der Waals surface area contributed by atoms with Gasteiger partial charge in [0.1, 0.15) is 12.4 Å². The summed E-state index contributed by atoms with van der Waals surface area (Å²) < 4.78 is 29.2. The van der Waals surface area contributed by atoms with Gasteiger partial charge in [0.2, 0.25) is 0 Å². The van der Waals surface area contributed by atoms with Crippen molar-refractivity contribution in [3.63, 3.8) is 0 Å². The summed E-state index contributed by atoms with van der Waals surface area (Å²) in [6.45, 7) is 6.33. The minimum Gasteiger partial charge on any atom is -0.492 e. The van der Waals surface area contributed by atoms with Crippen LogP contribution in [0.3, 0.4) is 0 Å². The van der Waals surface area contributed by atoms with Crippen molar-refractivity contribution in [1.82, 2.24) is 15.2 Å². The van der Waals surface area contributed by atoms with Crippen molar-refractivity contribution in [2.24, 2.45) is 0 Å². The molecule has 2 heterocycles. The number of nitrogens with zero attached hydrogens (tertiary/aromatic N) is 2. The number of nitriles is 1.